The van der Waals surface area contributed by atoms with Crippen molar-refractivity contribution in [2.24, 2.45) is 0 Å². The van der Waals surface area contributed by atoms with Crippen molar-refractivity contribution >= 4 is 28.2 Å². The van der Waals surface area contributed by atoms with Crippen LogP contribution in [0, 0.1) is 5.82 Å². The minimum Gasteiger partial charge on any atom is -0.443 e. The highest BCUT2D eigenvalue weighted by atomic mass is 19.1. The summed E-state index contributed by atoms with van der Waals surface area (Å²) in [5, 5.41) is 0. The lowest BCUT2D eigenvalue weighted by Crippen LogP contribution is -2.11. The van der Waals surface area contributed by atoms with Crippen LogP contribution in [0.15, 0.2) is 47.2 Å². The van der Waals surface area contributed by atoms with Gasteiger partial charge in [-0.3, -0.25) is 0 Å². The molecule has 0 bridgehead atoms. The second kappa shape index (κ2) is 4.28. The fourth-order valence-corrected chi connectivity index (χ4v) is 2.02. The van der Waals surface area contributed by atoms with Crippen LogP contribution in [-0.2, 0) is 0 Å². The summed E-state index contributed by atoms with van der Waals surface area (Å²) in [6, 6.07) is 9.98. The molecule has 0 radical (unpaired) electrons. The first kappa shape index (κ1) is 11.5. The monoisotopic (exact) mass is 257 g/mol. The van der Waals surface area contributed by atoms with Gasteiger partial charge in [-0.15, -0.1) is 0 Å². The molecule has 0 aliphatic rings. The Labute approximate surface area is 109 Å². The number of anilines is 3. The van der Waals surface area contributed by atoms with Gasteiger partial charge in [0.25, 0.3) is 0 Å². The Bertz CT molecular complexity index is 738. The van der Waals surface area contributed by atoms with Gasteiger partial charge in [0.1, 0.15) is 11.3 Å². The molecule has 0 atom stereocenters. The maximum absolute atomic E-state index is 13.1. The molecule has 0 fully saturated rings. The average Bonchev–Trinajstić information content (AvgIpc) is 2.85. The van der Waals surface area contributed by atoms with Gasteiger partial charge < -0.3 is 15.1 Å². The van der Waals surface area contributed by atoms with E-state index in [1.54, 1.807) is 6.07 Å². The number of fused-ring (bicyclic) bond motifs is 1. The molecule has 3 aromatic rings. The SMILES string of the molecule is CN(c1ccc2ncoc2c1)c1ccc(F)cc1N. The van der Waals surface area contributed by atoms with Crippen molar-refractivity contribution in [1.82, 2.24) is 4.98 Å². The predicted octanol–water partition coefficient (Wildman–Crippen LogP) is 3.32. The zero-order chi connectivity index (χ0) is 13.4. The molecule has 0 spiro atoms. The summed E-state index contributed by atoms with van der Waals surface area (Å²) in [5.41, 5.74) is 9.35. The first-order valence-corrected chi connectivity index (χ1v) is 5.77. The summed E-state index contributed by atoms with van der Waals surface area (Å²) < 4.78 is 18.3. The van der Waals surface area contributed by atoms with Crippen LogP contribution in [0.4, 0.5) is 21.5 Å². The normalized spacial score (nSPS) is 10.8. The molecule has 1 heterocycles. The van der Waals surface area contributed by atoms with Gasteiger partial charge in [-0.05, 0) is 30.3 Å². The van der Waals surface area contributed by atoms with E-state index in [1.165, 1.54) is 18.5 Å². The van der Waals surface area contributed by atoms with Crippen LogP contribution in [0.1, 0.15) is 0 Å². The van der Waals surface area contributed by atoms with E-state index in [0.717, 1.165) is 16.9 Å². The molecule has 1 aromatic heterocycles. The zero-order valence-corrected chi connectivity index (χ0v) is 10.3. The van der Waals surface area contributed by atoms with E-state index < -0.39 is 0 Å². The molecule has 5 heteroatoms. The van der Waals surface area contributed by atoms with Crippen LogP contribution in [0.3, 0.4) is 0 Å². The van der Waals surface area contributed by atoms with Crippen molar-refractivity contribution in [2.75, 3.05) is 17.7 Å². The molecule has 2 N–H and O–H groups in total. The van der Waals surface area contributed by atoms with Gasteiger partial charge in [0.05, 0.1) is 11.4 Å². The third-order valence-corrected chi connectivity index (χ3v) is 3.05. The van der Waals surface area contributed by atoms with Gasteiger partial charge in [-0.2, -0.15) is 0 Å². The second-order valence-corrected chi connectivity index (χ2v) is 4.27. The van der Waals surface area contributed by atoms with E-state index in [1.807, 2.05) is 30.1 Å². The number of nitrogens with zero attached hydrogens (tertiary/aromatic N) is 2. The van der Waals surface area contributed by atoms with Crippen molar-refractivity contribution in [1.29, 1.82) is 0 Å². The molecule has 19 heavy (non-hydrogen) atoms. The lowest BCUT2D eigenvalue weighted by Gasteiger charge is -2.21. The second-order valence-electron chi connectivity index (χ2n) is 4.27. The first-order valence-electron chi connectivity index (χ1n) is 5.77. The highest BCUT2D eigenvalue weighted by Crippen LogP contribution is 2.30. The maximum Gasteiger partial charge on any atom is 0.181 e. The maximum atomic E-state index is 13.1. The smallest absolute Gasteiger partial charge is 0.181 e. The molecule has 96 valence electrons. The number of halogens is 1. The molecule has 0 aliphatic carbocycles. The van der Waals surface area contributed by atoms with Crippen LogP contribution in [0.25, 0.3) is 11.1 Å². The number of aromatic nitrogens is 1. The van der Waals surface area contributed by atoms with E-state index in [-0.39, 0.29) is 5.82 Å². The molecule has 0 saturated heterocycles. The minimum absolute atomic E-state index is 0.347. The Balaban J connectivity index is 2.04. The van der Waals surface area contributed by atoms with E-state index in [4.69, 9.17) is 10.2 Å². The standard InChI is InChI=1S/C14H12FN3O/c1-18(13-5-2-9(15)6-11(13)16)10-3-4-12-14(7-10)19-8-17-12/h2-8H,16H2,1H3. The summed E-state index contributed by atoms with van der Waals surface area (Å²) >= 11 is 0. The Morgan fingerprint density at radius 2 is 2.05 bits per heavy atom. The number of oxazole rings is 1. The highest BCUT2D eigenvalue weighted by Gasteiger charge is 2.10. The molecule has 2 aromatic carbocycles. The number of hydrogen-bond acceptors (Lipinski definition) is 4. The summed E-state index contributed by atoms with van der Waals surface area (Å²) in [6.07, 6.45) is 1.40. The van der Waals surface area contributed by atoms with Gasteiger partial charge in [0.2, 0.25) is 0 Å². The Hall–Kier alpha value is -2.56. The lowest BCUT2D eigenvalue weighted by atomic mass is 10.2. The van der Waals surface area contributed by atoms with Crippen LogP contribution in [0.2, 0.25) is 0 Å². The van der Waals surface area contributed by atoms with Gasteiger partial charge >= 0.3 is 0 Å². The van der Waals surface area contributed by atoms with Crippen LogP contribution < -0.4 is 10.6 Å². The van der Waals surface area contributed by atoms with Gasteiger partial charge in [-0.25, -0.2) is 9.37 Å². The van der Waals surface area contributed by atoms with Crippen molar-refractivity contribution in [3.8, 4) is 0 Å². The number of benzene rings is 2. The predicted molar refractivity (Wildman–Crippen MR) is 72.9 cm³/mol. The Morgan fingerprint density at radius 3 is 2.84 bits per heavy atom. The Morgan fingerprint density at radius 1 is 1.21 bits per heavy atom. The molecule has 4 nitrogen and oxygen atoms in total. The molecule has 0 saturated carbocycles. The number of nitrogen functional groups attached to an aromatic ring is 1. The van der Waals surface area contributed by atoms with E-state index in [0.29, 0.717) is 11.3 Å². The fourth-order valence-electron chi connectivity index (χ4n) is 2.02. The number of nitrogens with two attached hydrogens (primary N) is 1. The van der Waals surface area contributed by atoms with Gasteiger partial charge in [0.15, 0.2) is 12.0 Å². The van der Waals surface area contributed by atoms with Crippen molar-refractivity contribution in [3.63, 3.8) is 0 Å². The molecule has 3 rings (SSSR count). The zero-order valence-electron chi connectivity index (χ0n) is 10.3. The summed E-state index contributed by atoms with van der Waals surface area (Å²) in [7, 11) is 1.86. The fraction of sp³-hybridized carbons (Fsp3) is 0.0714. The van der Waals surface area contributed by atoms with E-state index in [2.05, 4.69) is 4.98 Å². The first-order chi connectivity index (χ1) is 9.15. The topological polar surface area (TPSA) is 55.3 Å². The van der Waals surface area contributed by atoms with Crippen molar-refractivity contribution in [2.45, 2.75) is 0 Å². The summed E-state index contributed by atoms with van der Waals surface area (Å²) in [5.74, 6) is -0.347. The Kier molecular flexibility index (Phi) is 2.59. The third kappa shape index (κ3) is 1.99. The highest BCUT2D eigenvalue weighted by molar-refractivity contribution is 5.81. The van der Waals surface area contributed by atoms with E-state index in [9.17, 15) is 4.39 Å². The molecule has 0 aliphatic heterocycles. The molecular formula is C14H12FN3O. The van der Waals surface area contributed by atoms with Crippen LogP contribution in [0.5, 0.6) is 0 Å². The molecular weight excluding hydrogens is 245 g/mol. The number of rotatable bonds is 2. The molecule has 0 unspecified atom stereocenters. The summed E-state index contributed by atoms with van der Waals surface area (Å²) in [4.78, 5) is 5.93. The molecule has 0 amide bonds. The van der Waals surface area contributed by atoms with Gasteiger partial charge in [-0.1, -0.05) is 0 Å². The van der Waals surface area contributed by atoms with Crippen LogP contribution in [-0.4, -0.2) is 12.0 Å². The van der Waals surface area contributed by atoms with Crippen LogP contribution >= 0.6 is 0 Å². The van der Waals surface area contributed by atoms with Crippen molar-refractivity contribution < 1.29 is 8.81 Å². The third-order valence-electron chi connectivity index (χ3n) is 3.05. The largest absolute Gasteiger partial charge is 0.443 e. The van der Waals surface area contributed by atoms with E-state index >= 15 is 0 Å². The average molecular weight is 257 g/mol. The minimum atomic E-state index is -0.347. The number of hydrogen-bond donors (Lipinski definition) is 1. The van der Waals surface area contributed by atoms with Gasteiger partial charge in [0, 0.05) is 18.8 Å². The summed E-state index contributed by atoms with van der Waals surface area (Å²) in [6.45, 7) is 0. The van der Waals surface area contributed by atoms with Crippen molar-refractivity contribution in [3.05, 3.63) is 48.6 Å². The quantitative estimate of drug-likeness (QED) is 0.715. The lowest BCUT2D eigenvalue weighted by molar-refractivity contribution is 0.602.